The maximum Gasteiger partial charge on any atom is 0.317 e. The van der Waals surface area contributed by atoms with E-state index >= 15 is 0 Å². The van der Waals surface area contributed by atoms with E-state index in [9.17, 15) is 28.8 Å². The van der Waals surface area contributed by atoms with Gasteiger partial charge in [0.2, 0.25) is 0 Å². The molecule has 14 nitrogen and oxygen atoms in total. The molecule has 0 aliphatic heterocycles. The Bertz CT molecular complexity index is 635. The Morgan fingerprint density at radius 3 is 1.27 bits per heavy atom. The van der Waals surface area contributed by atoms with E-state index in [1.54, 1.807) is 0 Å². The lowest BCUT2D eigenvalue weighted by molar-refractivity contribution is -0.145. The lowest BCUT2D eigenvalue weighted by atomic mass is 10.1. The van der Waals surface area contributed by atoms with Gasteiger partial charge in [-0.05, 0) is 6.92 Å². The number of nitrogens with zero attached hydrogens (tertiary/aromatic N) is 3. The topological polar surface area (TPSA) is 213 Å². The van der Waals surface area contributed by atoms with Crippen molar-refractivity contribution in [3.05, 3.63) is 0 Å². The second-order valence-electron chi connectivity index (χ2n) is 6.45. The van der Waals surface area contributed by atoms with Crippen molar-refractivity contribution in [2.24, 2.45) is 0 Å². The lowest BCUT2D eigenvalue weighted by Crippen LogP contribution is -2.53. The van der Waals surface area contributed by atoms with Crippen LogP contribution in [-0.4, -0.2) is 134 Å². The third-order valence-electron chi connectivity index (χ3n) is 3.83. The molecule has 0 aliphatic rings. The average molecular weight is 435 g/mol. The van der Waals surface area contributed by atoms with Gasteiger partial charge in [-0.15, -0.1) is 0 Å². The van der Waals surface area contributed by atoms with Gasteiger partial charge in [-0.1, -0.05) is 0 Å². The fourth-order valence-corrected chi connectivity index (χ4v) is 2.68. The molecule has 0 spiro atoms. The van der Waals surface area contributed by atoms with Gasteiger partial charge in [-0.2, -0.15) is 0 Å². The first-order valence-corrected chi connectivity index (χ1v) is 8.60. The fourth-order valence-electron chi connectivity index (χ4n) is 2.68. The van der Waals surface area contributed by atoms with Gasteiger partial charge in [-0.3, -0.25) is 43.5 Å². The standard InChI is InChI=1S/C16H25N3O11/c1-10(20)11(19(8-15(27)28)9-16(29)30)4-17(5-12(21)22)2-3-18(6-13(23)24)7-14(25)26/h11H,2-9H2,1H3,(H,21,22)(H,23,24)(H,25,26)(H,27,28)(H,29,30)/t11-/m1/s1. The first-order chi connectivity index (χ1) is 13.8. The highest BCUT2D eigenvalue weighted by molar-refractivity contribution is 5.83. The first kappa shape index (κ1) is 26.9. The summed E-state index contributed by atoms with van der Waals surface area (Å²) in [5.74, 6) is -7.26. The highest BCUT2D eigenvalue weighted by Gasteiger charge is 2.29. The molecular weight excluding hydrogens is 410 g/mol. The molecule has 0 radical (unpaired) electrons. The molecule has 1 atom stereocenters. The molecule has 0 fully saturated rings. The monoisotopic (exact) mass is 435 g/mol. The molecule has 0 saturated heterocycles. The number of carbonyl (C=O) groups excluding carboxylic acids is 1. The lowest BCUT2D eigenvalue weighted by Gasteiger charge is -2.32. The van der Waals surface area contributed by atoms with Gasteiger partial charge in [0.1, 0.15) is 5.78 Å². The molecular formula is C16H25N3O11. The van der Waals surface area contributed by atoms with Crippen LogP contribution < -0.4 is 0 Å². The number of aliphatic carboxylic acids is 5. The van der Waals surface area contributed by atoms with E-state index < -0.39 is 74.4 Å². The molecule has 0 saturated carbocycles. The van der Waals surface area contributed by atoms with Crippen LogP contribution in [0.15, 0.2) is 0 Å². The van der Waals surface area contributed by atoms with E-state index in [4.69, 9.17) is 25.5 Å². The number of carbonyl (C=O) groups is 6. The Hall–Kier alpha value is -3.10. The minimum Gasteiger partial charge on any atom is -0.480 e. The minimum atomic E-state index is -1.39. The molecule has 0 amide bonds. The van der Waals surface area contributed by atoms with Crippen molar-refractivity contribution in [1.82, 2.24) is 14.7 Å². The number of carboxylic acid groups (broad SMARTS) is 5. The van der Waals surface area contributed by atoms with Crippen molar-refractivity contribution < 1.29 is 54.3 Å². The fraction of sp³-hybridized carbons (Fsp3) is 0.625. The van der Waals surface area contributed by atoms with Gasteiger partial charge in [0.15, 0.2) is 0 Å². The van der Waals surface area contributed by atoms with E-state index in [-0.39, 0.29) is 19.6 Å². The van der Waals surface area contributed by atoms with Crippen molar-refractivity contribution in [3.8, 4) is 0 Å². The zero-order chi connectivity index (χ0) is 23.4. The van der Waals surface area contributed by atoms with E-state index in [2.05, 4.69) is 0 Å². The Morgan fingerprint density at radius 1 is 0.600 bits per heavy atom. The van der Waals surface area contributed by atoms with E-state index in [1.165, 1.54) is 4.90 Å². The predicted octanol–water partition coefficient (Wildman–Crippen LogP) is -2.73. The minimum absolute atomic E-state index is 0.162. The molecule has 0 aromatic heterocycles. The summed E-state index contributed by atoms with van der Waals surface area (Å²) < 4.78 is 0. The second kappa shape index (κ2) is 13.2. The molecule has 5 N–H and O–H groups in total. The molecule has 0 aromatic carbocycles. The van der Waals surface area contributed by atoms with Crippen molar-refractivity contribution in [1.29, 1.82) is 0 Å². The molecule has 0 bridgehead atoms. The predicted molar refractivity (Wildman–Crippen MR) is 97.1 cm³/mol. The van der Waals surface area contributed by atoms with Crippen molar-refractivity contribution in [2.45, 2.75) is 13.0 Å². The van der Waals surface area contributed by atoms with E-state index in [0.29, 0.717) is 0 Å². The van der Waals surface area contributed by atoms with Gasteiger partial charge in [0.05, 0.1) is 38.8 Å². The van der Waals surface area contributed by atoms with Crippen molar-refractivity contribution in [2.75, 3.05) is 52.4 Å². The summed E-state index contributed by atoms with van der Waals surface area (Å²) in [6.07, 6.45) is 0. The van der Waals surface area contributed by atoms with Crippen LogP contribution in [0.5, 0.6) is 0 Å². The first-order valence-electron chi connectivity index (χ1n) is 8.60. The number of ketones is 1. The smallest absolute Gasteiger partial charge is 0.317 e. The zero-order valence-corrected chi connectivity index (χ0v) is 16.3. The van der Waals surface area contributed by atoms with E-state index in [0.717, 1.165) is 16.7 Å². The Morgan fingerprint density at radius 2 is 0.933 bits per heavy atom. The normalized spacial score (nSPS) is 12.1. The summed E-state index contributed by atoms with van der Waals surface area (Å²) in [6.45, 7) is -2.99. The molecule has 0 unspecified atom stereocenters. The highest BCUT2D eigenvalue weighted by Crippen LogP contribution is 2.06. The quantitative estimate of drug-likeness (QED) is 0.157. The summed E-state index contributed by atoms with van der Waals surface area (Å²) in [5, 5.41) is 44.8. The SMILES string of the molecule is CC(=O)[C@@H](CN(CCN(CC(=O)O)CC(=O)O)CC(=O)O)N(CC(=O)O)CC(=O)O. The molecule has 170 valence electrons. The van der Waals surface area contributed by atoms with Crippen LogP contribution >= 0.6 is 0 Å². The number of Topliss-reactive ketones (excluding diaryl/α,β-unsaturated/α-hetero) is 1. The summed E-state index contributed by atoms with van der Waals surface area (Å²) in [5.41, 5.74) is 0. The largest absolute Gasteiger partial charge is 0.480 e. The van der Waals surface area contributed by atoms with Gasteiger partial charge in [0.25, 0.3) is 0 Å². The molecule has 0 aromatic rings. The molecule has 30 heavy (non-hydrogen) atoms. The van der Waals surface area contributed by atoms with Crippen LogP contribution in [0, 0.1) is 0 Å². The molecule has 14 heteroatoms. The maximum atomic E-state index is 12.0. The Balaban J connectivity index is 5.47. The van der Waals surface area contributed by atoms with E-state index in [1.807, 2.05) is 0 Å². The second-order valence-corrected chi connectivity index (χ2v) is 6.45. The number of rotatable bonds is 17. The third kappa shape index (κ3) is 12.4. The third-order valence-corrected chi connectivity index (χ3v) is 3.83. The molecule has 0 rings (SSSR count). The van der Waals surface area contributed by atoms with Gasteiger partial charge in [-0.25, -0.2) is 0 Å². The summed E-state index contributed by atoms with van der Waals surface area (Å²) in [6, 6.07) is -1.26. The number of hydrogen-bond donors (Lipinski definition) is 5. The Labute approximate surface area is 170 Å². The van der Waals surface area contributed by atoms with Gasteiger partial charge < -0.3 is 25.5 Å². The van der Waals surface area contributed by atoms with Gasteiger partial charge in [0, 0.05) is 19.6 Å². The molecule has 0 heterocycles. The average Bonchev–Trinajstić information content (AvgIpc) is 2.53. The highest BCUT2D eigenvalue weighted by atomic mass is 16.4. The molecule has 0 aliphatic carbocycles. The van der Waals surface area contributed by atoms with Crippen LogP contribution in [0.25, 0.3) is 0 Å². The van der Waals surface area contributed by atoms with Crippen LogP contribution in [0.3, 0.4) is 0 Å². The van der Waals surface area contributed by atoms with Gasteiger partial charge >= 0.3 is 29.8 Å². The van der Waals surface area contributed by atoms with Crippen LogP contribution in [0.1, 0.15) is 6.92 Å². The van der Waals surface area contributed by atoms with Crippen LogP contribution in [-0.2, 0) is 28.8 Å². The van der Waals surface area contributed by atoms with Crippen molar-refractivity contribution in [3.63, 3.8) is 0 Å². The van der Waals surface area contributed by atoms with Crippen molar-refractivity contribution >= 4 is 35.6 Å². The Kier molecular flexibility index (Phi) is 11.8. The summed E-state index contributed by atoms with van der Waals surface area (Å²) in [4.78, 5) is 70.1. The zero-order valence-electron chi connectivity index (χ0n) is 16.3. The van der Waals surface area contributed by atoms with Crippen LogP contribution in [0.4, 0.5) is 0 Å². The number of carboxylic acids is 5. The van der Waals surface area contributed by atoms with Crippen LogP contribution in [0.2, 0.25) is 0 Å². The summed E-state index contributed by atoms with van der Waals surface area (Å²) in [7, 11) is 0. The maximum absolute atomic E-state index is 12.0. The number of hydrogen-bond acceptors (Lipinski definition) is 9. The summed E-state index contributed by atoms with van der Waals surface area (Å²) >= 11 is 0.